The van der Waals surface area contributed by atoms with Crippen LogP contribution >= 0.6 is 0 Å². The molecule has 0 heterocycles. The van der Waals surface area contributed by atoms with Crippen LogP contribution in [0.25, 0.3) is 0 Å². The molecule has 202 valence electrons. The average Bonchev–Trinajstić information content (AvgIpc) is 3.17. The van der Waals surface area contributed by atoms with E-state index in [-0.39, 0.29) is 35.6 Å². The molecule has 3 saturated carbocycles. The average molecular weight is 512 g/mol. The number of likely N-dealkylation sites (N-methyl/N-ethyl adjacent to an activating group) is 1. The van der Waals surface area contributed by atoms with Gasteiger partial charge in [0.2, 0.25) is 0 Å². The highest BCUT2D eigenvalue weighted by molar-refractivity contribution is 5.91. The summed E-state index contributed by atoms with van der Waals surface area (Å²) in [6.45, 7) is 5.28. The monoisotopic (exact) mass is 511 g/mol. The lowest BCUT2D eigenvalue weighted by atomic mass is 9.46. The van der Waals surface area contributed by atoms with E-state index in [2.05, 4.69) is 24.3 Å². The van der Waals surface area contributed by atoms with Gasteiger partial charge in [0.15, 0.2) is 5.78 Å². The van der Waals surface area contributed by atoms with Crippen molar-refractivity contribution < 1.29 is 27.6 Å². The summed E-state index contributed by atoms with van der Waals surface area (Å²) in [4.78, 5) is 30.2. The number of hydrogen-bond acceptors (Lipinski definition) is 5. The number of fused-ring (bicyclic) bond motifs is 5. The molecule has 0 aromatic rings. The predicted octanol–water partition coefficient (Wildman–Crippen LogP) is 5.73. The molecule has 0 spiro atoms. The number of nitrogens with one attached hydrogen (secondary N) is 1. The summed E-state index contributed by atoms with van der Waals surface area (Å²) in [5.74, 6) is 2.13. The third-order valence-electron chi connectivity index (χ3n) is 9.99. The summed E-state index contributed by atoms with van der Waals surface area (Å²) in [5, 5.41) is 6.84. The Labute approximate surface area is 212 Å². The van der Waals surface area contributed by atoms with Gasteiger partial charge in [-0.3, -0.25) is 14.5 Å². The van der Waals surface area contributed by atoms with Crippen LogP contribution in [0.4, 0.5) is 18.0 Å². The van der Waals surface area contributed by atoms with Crippen LogP contribution in [0.15, 0.2) is 16.8 Å². The molecule has 36 heavy (non-hydrogen) atoms. The summed E-state index contributed by atoms with van der Waals surface area (Å²) in [6, 6.07) is 0. The van der Waals surface area contributed by atoms with Gasteiger partial charge >= 0.3 is 12.3 Å². The van der Waals surface area contributed by atoms with E-state index < -0.39 is 18.8 Å². The quantitative estimate of drug-likeness (QED) is 0.281. The predicted molar refractivity (Wildman–Crippen MR) is 131 cm³/mol. The Morgan fingerprint density at radius 2 is 1.92 bits per heavy atom. The normalized spacial score (nSPS) is 36.5. The molecule has 0 aliphatic heterocycles. The number of carbonyl (C=O) groups is 2. The maximum absolute atomic E-state index is 12.9. The van der Waals surface area contributed by atoms with Gasteiger partial charge in [0.25, 0.3) is 0 Å². The van der Waals surface area contributed by atoms with Gasteiger partial charge in [-0.05, 0) is 93.6 Å². The highest BCUT2D eigenvalue weighted by Crippen LogP contribution is 2.66. The minimum absolute atomic E-state index is 0.0288. The van der Waals surface area contributed by atoms with Gasteiger partial charge in [-0.25, -0.2) is 4.79 Å². The number of amides is 1. The number of halogens is 3. The van der Waals surface area contributed by atoms with Crippen LogP contribution in [0.3, 0.4) is 0 Å². The van der Waals surface area contributed by atoms with Crippen molar-refractivity contribution >= 4 is 17.6 Å². The zero-order valence-electron chi connectivity index (χ0n) is 21.9. The van der Waals surface area contributed by atoms with Crippen molar-refractivity contribution in [3.63, 3.8) is 0 Å². The number of nitrogens with zero attached hydrogens (tertiary/aromatic N) is 2. The van der Waals surface area contributed by atoms with E-state index in [0.717, 1.165) is 44.9 Å². The van der Waals surface area contributed by atoms with E-state index in [1.54, 1.807) is 7.05 Å². The summed E-state index contributed by atoms with van der Waals surface area (Å²) >= 11 is 0. The molecule has 4 rings (SSSR count). The molecule has 1 N–H and O–H groups in total. The maximum atomic E-state index is 12.9. The maximum Gasteiger partial charge on any atom is 0.436 e. The van der Waals surface area contributed by atoms with E-state index in [0.29, 0.717) is 34.8 Å². The standard InChI is InChI=1S/C27H40F3N3O3/c1-17(32-36-24(35)33(14-13-31-4)16-27(28,29)30)21-7-8-22-20-6-5-18-15-19(34)9-11-25(18,2)23(20)10-12-26(21,22)3/h15,20-23,31H,5-14,16H2,1-4H3/b32-17+/t20-,21+,22-,23-,25-,26+/m0/s1. The first-order valence-electron chi connectivity index (χ1n) is 13.3. The van der Waals surface area contributed by atoms with Crippen molar-refractivity contribution in [3.8, 4) is 0 Å². The first kappa shape index (κ1) is 27.1. The van der Waals surface area contributed by atoms with Crippen LogP contribution in [-0.4, -0.2) is 55.3 Å². The molecule has 4 aliphatic carbocycles. The second kappa shape index (κ2) is 10.1. The first-order valence-corrected chi connectivity index (χ1v) is 13.3. The van der Waals surface area contributed by atoms with Crippen LogP contribution in [0, 0.1) is 34.5 Å². The number of oxime groups is 1. The minimum Gasteiger partial charge on any atom is -0.318 e. The summed E-state index contributed by atoms with van der Waals surface area (Å²) in [6.07, 6.45) is 4.22. The van der Waals surface area contributed by atoms with Gasteiger partial charge in [0.05, 0.1) is 5.71 Å². The molecule has 6 nitrogen and oxygen atoms in total. The molecular formula is C27H40F3N3O3. The van der Waals surface area contributed by atoms with Gasteiger partial charge in [0, 0.05) is 25.4 Å². The number of allylic oxidation sites excluding steroid dienone is 1. The largest absolute Gasteiger partial charge is 0.436 e. The zero-order chi connectivity index (χ0) is 26.3. The van der Waals surface area contributed by atoms with Crippen LogP contribution in [0.2, 0.25) is 0 Å². The highest BCUT2D eigenvalue weighted by Gasteiger charge is 2.59. The second-order valence-electron chi connectivity index (χ2n) is 11.9. The number of rotatable bonds is 6. The molecule has 0 aromatic heterocycles. The van der Waals surface area contributed by atoms with Crippen molar-refractivity contribution in [2.24, 2.45) is 39.7 Å². The Bertz CT molecular complexity index is 933. The zero-order valence-corrected chi connectivity index (χ0v) is 21.9. The topological polar surface area (TPSA) is 71.0 Å². The van der Waals surface area contributed by atoms with Crippen molar-refractivity contribution in [2.45, 2.75) is 78.3 Å². The Balaban J connectivity index is 1.46. The van der Waals surface area contributed by atoms with Gasteiger partial charge in [-0.2, -0.15) is 13.2 Å². The van der Waals surface area contributed by atoms with E-state index in [1.807, 2.05) is 13.0 Å². The first-order chi connectivity index (χ1) is 16.9. The molecule has 0 saturated heterocycles. The van der Waals surface area contributed by atoms with Crippen LogP contribution in [0.5, 0.6) is 0 Å². The smallest absolute Gasteiger partial charge is 0.318 e. The molecule has 9 heteroatoms. The second-order valence-corrected chi connectivity index (χ2v) is 11.9. The summed E-state index contributed by atoms with van der Waals surface area (Å²) in [5.41, 5.74) is 2.19. The fourth-order valence-corrected chi connectivity index (χ4v) is 8.18. The fraction of sp³-hybridized carbons (Fsp3) is 0.815. The van der Waals surface area contributed by atoms with Crippen molar-refractivity contribution in [1.82, 2.24) is 10.2 Å². The van der Waals surface area contributed by atoms with E-state index >= 15 is 0 Å². The Hall–Kier alpha value is -1.90. The third kappa shape index (κ3) is 5.09. The highest BCUT2D eigenvalue weighted by atomic mass is 19.4. The molecule has 0 radical (unpaired) electrons. The molecule has 0 unspecified atom stereocenters. The Morgan fingerprint density at radius 1 is 1.17 bits per heavy atom. The molecule has 0 bridgehead atoms. The Kier molecular flexibility index (Phi) is 7.62. The molecule has 0 aromatic carbocycles. The SMILES string of the molecule is CNCCN(CC(F)(F)F)C(=O)O/N=C(\C)[C@H]1CC[C@H]2[C@@H]3CCC4=CC(=O)CC[C@]4(C)[C@H]3CC[C@]12C. The molecule has 6 atom stereocenters. The molecule has 1 amide bonds. The van der Waals surface area contributed by atoms with Crippen LogP contribution in [0.1, 0.15) is 72.1 Å². The van der Waals surface area contributed by atoms with Crippen LogP contribution < -0.4 is 5.32 Å². The van der Waals surface area contributed by atoms with Crippen molar-refractivity contribution in [2.75, 3.05) is 26.7 Å². The minimum atomic E-state index is -4.51. The molecule has 3 fully saturated rings. The molecule has 4 aliphatic rings. The lowest BCUT2D eigenvalue weighted by Gasteiger charge is -2.58. The van der Waals surface area contributed by atoms with Gasteiger partial charge in [-0.15, -0.1) is 0 Å². The number of ketones is 1. The van der Waals surface area contributed by atoms with Crippen LogP contribution in [-0.2, 0) is 9.63 Å². The number of hydrogen-bond donors (Lipinski definition) is 1. The van der Waals surface area contributed by atoms with Crippen molar-refractivity contribution in [1.29, 1.82) is 0 Å². The lowest BCUT2D eigenvalue weighted by Crippen LogP contribution is -2.51. The van der Waals surface area contributed by atoms with E-state index in [1.165, 1.54) is 5.57 Å². The van der Waals surface area contributed by atoms with E-state index in [4.69, 9.17) is 4.84 Å². The third-order valence-corrected chi connectivity index (χ3v) is 9.99. The van der Waals surface area contributed by atoms with Gasteiger partial charge in [0.1, 0.15) is 6.54 Å². The summed E-state index contributed by atoms with van der Waals surface area (Å²) in [7, 11) is 1.61. The number of carbonyl (C=O) groups excluding carboxylic acids is 2. The van der Waals surface area contributed by atoms with Crippen molar-refractivity contribution in [3.05, 3.63) is 11.6 Å². The molecular weight excluding hydrogens is 471 g/mol. The lowest BCUT2D eigenvalue weighted by molar-refractivity contribution is -0.142. The van der Waals surface area contributed by atoms with E-state index in [9.17, 15) is 22.8 Å². The van der Waals surface area contributed by atoms with Gasteiger partial charge < -0.3 is 5.32 Å². The fourth-order valence-electron chi connectivity index (χ4n) is 8.18. The Morgan fingerprint density at radius 3 is 2.61 bits per heavy atom. The van der Waals surface area contributed by atoms with Gasteiger partial charge in [-0.1, -0.05) is 24.6 Å². The number of alkyl halides is 3. The summed E-state index contributed by atoms with van der Waals surface area (Å²) < 4.78 is 38.8.